The fourth-order valence-electron chi connectivity index (χ4n) is 3.37. The van der Waals surface area contributed by atoms with Crippen LogP contribution in [0.4, 0.5) is 13.2 Å². The molecule has 28 heavy (non-hydrogen) atoms. The van der Waals surface area contributed by atoms with Gasteiger partial charge in [0.25, 0.3) is 5.91 Å². The molecule has 4 nitrogen and oxygen atoms in total. The number of piperazine rings is 1. The molecule has 0 spiro atoms. The maximum atomic E-state index is 12.7. The van der Waals surface area contributed by atoms with Crippen LogP contribution in [0.5, 0.6) is 0 Å². The van der Waals surface area contributed by atoms with Crippen molar-refractivity contribution in [3.63, 3.8) is 0 Å². The lowest BCUT2D eigenvalue weighted by Crippen LogP contribution is -2.48. The molecule has 0 saturated carbocycles. The number of amides is 1. The second-order valence-corrected chi connectivity index (χ2v) is 7.05. The first-order valence-electron chi connectivity index (χ1n) is 9.27. The van der Waals surface area contributed by atoms with Crippen LogP contribution in [-0.2, 0) is 6.18 Å². The van der Waals surface area contributed by atoms with Crippen LogP contribution >= 0.6 is 0 Å². The Bertz CT molecular complexity index is 770. The van der Waals surface area contributed by atoms with E-state index in [1.54, 1.807) is 0 Å². The summed E-state index contributed by atoms with van der Waals surface area (Å²) >= 11 is 0. The quantitative estimate of drug-likeness (QED) is 0.848. The third-order valence-electron chi connectivity index (χ3n) is 5.09. The molecule has 1 unspecified atom stereocenters. The third kappa shape index (κ3) is 5.11. The first-order chi connectivity index (χ1) is 13.3. The minimum atomic E-state index is -4.41. The smallest absolute Gasteiger partial charge is 0.350 e. The van der Waals surface area contributed by atoms with Crippen molar-refractivity contribution >= 4 is 5.91 Å². The van der Waals surface area contributed by atoms with Crippen molar-refractivity contribution in [2.24, 2.45) is 0 Å². The standard InChI is InChI=1S/C21H24F3N3O/c1-26-11-13-27(14-12-26)19(16-5-3-2-4-6-16)15-25-20(28)17-7-9-18(10-8-17)21(22,23)24/h2-10,19H,11-15H2,1H3,(H,25,28). The van der Waals surface area contributed by atoms with E-state index in [0.29, 0.717) is 6.54 Å². The highest BCUT2D eigenvalue weighted by Gasteiger charge is 2.30. The molecule has 3 rings (SSSR count). The predicted molar refractivity (Wildman–Crippen MR) is 102 cm³/mol. The highest BCUT2D eigenvalue weighted by atomic mass is 19.4. The van der Waals surface area contributed by atoms with Crippen LogP contribution in [0.3, 0.4) is 0 Å². The molecule has 7 heteroatoms. The number of hydrogen-bond acceptors (Lipinski definition) is 3. The van der Waals surface area contributed by atoms with Gasteiger partial charge in [0.15, 0.2) is 0 Å². The number of alkyl halides is 3. The molecule has 150 valence electrons. The maximum absolute atomic E-state index is 12.7. The largest absolute Gasteiger partial charge is 0.416 e. The van der Waals surface area contributed by atoms with Gasteiger partial charge in [-0.2, -0.15) is 13.2 Å². The molecule has 1 heterocycles. The second kappa shape index (κ2) is 8.75. The number of hydrogen-bond donors (Lipinski definition) is 1. The SMILES string of the molecule is CN1CCN(C(CNC(=O)c2ccc(C(F)(F)F)cc2)c2ccccc2)CC1. The molecule has 1 N–H and O–H groups in total. The minimum Gasteiger partial charge on any atom is -0.350 e. The Morgan fingerprint density at radius 1 is 1.00 bits per heavy atom. The van der Waals surface area contributed by atoms with Crippen LogP contribution in [-0.4, -0.2) is 55.5 Å². The fraction of sp³-hybridized carbons (Fsp3) is 0.381. The van der Waals surface area contributed by atoms with Crippen LogP contribution in [0.15, 0.2) is 54.6 Å². The number of nitrogens with zero attached hydrogens (tertiary/aromatic N) is 2. The van der Waals surface area contributed by atoms with Crippen molar-refractivity contribution in [3.05, 3.63) is 71.3 Å². The van der Waals surface area contributed by atoms with Gasteiger partial charge < -0.3 is 10.2 Å². The molecule has 2 aromatic rings. The lowest BCUT2D eigenvalue weighted by molar-refractivity contribution is -0.137. The zero-order valence-corrected chi connectivity index (χ0v) is 15.7. The van der Waals surface area contributed by atoms with Crippen molar-refractivity contribution in [3.8, 4) is 0 Å². The first kappa shape index (κ1) is 20.4. The van der Waals surface area contributed by atoms with E-state index in [2.05, 4.69) is 22.2 Å². The van der Waals surface area contributed by atoms with E-state index < -0.39 is 11.7 Å². The summed E-state index contributed by atoms with van der Waals surface area (Å²) in [6, 6.07) is 14.3. The van der Waals surface area contributed by atoms with E-state index in [9.17, 15) is 18.0 Å². The van der Waals surface area contributed by atoms with Crippen LogP contribution < -0.4 is 5.32 Å². The summed E-state index contributed by atoms with van der Waals surface area (Å²) in [6.45, 7) is 4.10. The van der Waals surface area contributed by atoms with Crippen LogP contribution in [0.2, 0.25) is 0 Å². The third-order valence-corrected chi connectivity index (χ3v) is 5.09. The number of carbonyl (C=O) groups excluding carboxylic acids is 1. The van der Waals surface area contributed by atoms with Crippen LogP contribution in [0.25, 0.3) is 0 Å². The lowest BCUT2D eigenvalue weighted by atomic mass is 10.0. The molecule has 2 aromatic carbocycles. The highest BCUT2D eigenvalue weighted by molar-refractivity contribution is 5.94. The van der Waals surface area contributed by atoms with Gasteiger partial charge in [0, 0.05) is 38.3 Å². The van der Waals surface area contributed by atoms with Gasteiger partial charge in [-0.05, 0) is 36.9 Å². The molecule has 0 bridgehead atoms. The van der Waals surface area contributed by atoms with Gasteiger partial charge in [0.05, 0.1) is 11.6 Å². The van der Waals surface area contributed by atoms with Crippen molar-refractivity contribution in [1.82, 2.24) is 15.1 Å². The summed E-state index contributed by atoms with van der Waals surface area (Å²) in [5.41, 5.74) is 0.571. The predicted octanol–water partition coefficient (Wildman–Crippen LogP) is 3.42. The van der Waals surface area contributed by atoms with E-state index in [-0.39, 0.29) is 17.5 Å². The molecule has 0 radical (unpaired) electrons. The molecule has 1 fully saturated rings. The Kier molecular flexibility index (Phi) is 6.36. The summed E-state index contributed by atoms with van der Waals surface area (Å²) in [7, 11) is 2.08. The molecular formula is C21H24F3N3O. The summed E-state index contributed by atoms with van der Waals surface area (Å²) < 4.78 is 38.1. The Morgan fingerprint density at radius 3 is 2.18 bits per heavy atom. The molecule has 1 amide bonds. The summed E-state index contributed by atoms with van der Waals surface area (Å²) in [5, 5.41) is 2.89. The van der Waals surface area contributed by atoms with Crippen molar-refractivity contribution in [2.75, 3.05) is 39.8 Å². The number of carbonyl (C=O) groups is 1. The molecule has 1 aliphatic heterocycles. The van der Waals surface area contributed by atoms with E-state index in [0.717, 1.165) is 43.9 Å². The monoisotopic (exact) mass is 391 g/mol. The topological polar surface area (TPSA) is 35.6 Å². The molecule has 1 atom stereocenters. The van der Waals surface area contributed by atoms with E-state index in [1.165, 1.54) is 12.1 Å². The number of halogens is 3. The maximum Gasteiger partial charge on any atom is 0.416 e. The lowest BCUT2D eigenvalue weighted by Gasteiger charge is -2.38. The average molecular weight is 391 g/mol. The number of benzene rings is 2. The van der Waals surface area contributed by atoms with E-state index in [1.807, 2.05) is 30.3 Å². The number of likely N-dealkylation sites (N-methyl/N-ethyl adjacent to an activating group) is 1. The van der Waals surface area contributed by atoms with Crippen molar-refractivity contribution in [2.45, 2.75) is 12.2 Å². The van der Waals surface area contributed by atoms with Crippen molar-refractivity contribution in [1.29, 1.82) is 0 Å². The van der Waals surface area contributed by atoms with Gasteiger partial charge in [-0.25, -0.2) is 0 Å². The normalized spacial score (nSPS) is 17.3. The zero-order valence-electron chi connectivity index (χ0n) is 15.7. The van der Waals surface area contributed by atoms with Crippen LogP contribution in [0.1, 0.15) is 27.5 Å². The highest BCUT2D eigenvalue weighted by Crippen LogP contribution is 2.29. The van der Waals surface area contributed by atoms with Gasteiger partial charge in [-0.1, -0.05) is 30.3 Å². The first-order valence-corrected chi connectivity index (χ1v) is 9.27. The van der Waals surface area contributed by atoms with Crippen molar-refractivity contribution < 1.29 is 18.0 Å². The molecule has 0 aliphatic carbocycles. The molecule has 0 aromatic heterocycles. The summed E-state index contributed by atoms with van der Waals surface area (Å²) in [5.74, 6) is -0.371. The number of rotatable bonds is 5. The Balaban J connectivity index is 1.68. The van der Waals surface area contributed by atoms with Gasteiger partial charge >= 0.3 is 6.18 Å². The summed E-state index contributed by atoms with van der Waals surface area (Å²) in [4.78, 5) is 17.1. The summed E-state index contributed by atoms with van der Waals surface area (Å²) in [6.07, 6.45) is -4.41. The number of nitrogens with one attached hydrogen (secondary N) is 1. The van der Waals surface area contributed by atoms with Gasteiger partial charge in [0.1, 0.15) is 0 Å². The second-order valence-electron chi connectivity index (χ2n) is 7.05. The van der Waals surface area contributed by atoms with Gasteiger partial charge in [-0.3, -0.25) is 9.69 Å². The minimum absolute atomic E-state index is 0.0216. The van der Waals surface area contributed by atoms with E-state index >= 15 is 0 Å². The Labute approximate surface area is 162 Å². The Hall–Kier alpha value is -2.38. The van der Waals surface area contributed by atoms with Crippen LogP contribution in [0, 0.1) is 0 Å². The average Bonchev–Trinajstić information content (AvgIpc) is 2.69. The molecule has 1 saturated heterocycles. The molecular weight excluding hydrogens is 367 g/mol. The zero-order chi connectivity index (χ0) is 20.1. The fourth-order valence-corrected chi connectivity index (χ4v) is 3.37. The van der Waals surface area contributed by atoms with E-state index in [4.69, 9.17) is 0 Å². The molecule has 1 aliphatic rings. The van der Waals surface area contributed by atoms with Gasteiger partial charge in [-0.15, -0.1) is 0 Å². The Morgan fingerprint density at radius 2 is 1.61 bits per heavy atom. The van der Waals surface area contributed by atoms with Gasteiger partial charge in [0.2, 0.25) is 0 Å².